The molecule has 0 heterocycles. The lowest BCUT2D eigenvalue weighted by Gasteiger charge is -2.27. The summed E-state index contributed by atoms with van der Waals surface area (Å²) in [6.45, 7) is -0.0726. The van der Waals surface area contributed by atoms with Gasteiger partial charge in [-0.05, 0) is 23.3 Å². The normalized spacial score (nSPS) is 11.2. The number of carbonyl (C=O) groups is 1. The Bertz CT molecular complexity index is 856. The fourth-order valence-electron chi connectivity index (χ4n) is 2.65. The highest BCUT2D eigenvalue weighted by Crippen LogP contribution is 2.32. The molecule has 1 N–H and O–H groups in total. The smallest absolute Gasteiger partial charge is 0.348 e. The molecule has 0 spiro atoms. The van der Waals surface area contributed by atoms with Crippen molar-refractivity contribution in [3.05, 3.63) is 106 Å². The molecular formula is C21H16Cl2O3. The molecule has 3 rings (SSSR count). The van der Waals surface area contributed by atoms with E-state index in [2.05, 4.69) is 0 Å². The Balaban J connectivity index is 1.91. The first-order valence-corrected chi connectivity index (χ1v) is 8.72. The van der Waals surface area contributed by atoms with Crippen molar-refractivity contribution in [2.45, 2.75) is 12.2 Å². The van der Waals surface area contributed by atoms with Gasteiger partial charge in [0.2, 0.25) is 5.60 Å². The lowest BCUT2D eigenvalue weighted by atomic mass is 9.86. The van der Waals surface area contributed by atoms with Crippen LogP contribution < -0.4 is 0 Å². The van der Waals surface area contributed by atoms with Crippen molar-refractivity contribution in [2.24, 2.45) is 0 Å². The molecule has 0 atom stereocenters. The minimum atomic E-state index is -1.92. The highest BCUT2D eigenvalue weighted by Gasteiger charge is 2.41. The second kappa shape index (κ2) is 7.92. The van der Waals surface area contributed by atoms with E-state index in [9.17, 15) is 9.90 Å². The Kier molecular flexibility index (Phi) is 5.62. The van der Waals surface area contributed by atoms with E-state index in [0.29, 0.717) is 26.7 Å². The van der Waals surface area contributed by atoms with Gasteiger partial charge in [-0.3, -0.25) is 0 Å². The maximum Gasteiger partial charge on any atom is 0.348 e. The lowest BCUT2D eigenvalue weighted by Crippen LogP contribution is -2.38. The molecule has 3 nitrogen and oxygen atoms in total. The van der Waals surface area contributed by atoms with Gasteiger partial charge in [-0.25, -0.2) is 4.79 Å². The average molecular weight is 387 g/mol. The molecule has 132 valence electrons. The zero-order valence-corrected chi connectivity index (χ0v) is 15.2. The zero-order valence-electron chi connectivity index (χ0n) is 13.7. The highest BCUT2D eigenvalue weighted by molar-refractivity contribution is 6.35. The van der Waals surface area contributed by atoms with Crippen molar-refractivity contribution < 1.29 is 14.6 Å². The summed E-state index contributed by atoms with van der Waals surface area (Å²) in [6, 6.07) is 22.3. The summed E-state index contributed by atoms with van der Waals surface area (Å²) in [5.74, 6) is -0.777. The summed E-state index contributed by atoms with van der Waals surface area (Å²) in [5, 5.41) is 12.2. The van der Waals surface area contributed by atoms with E-state index in [1.54, 1.807) is 66.7 Å². The number of hydrogen-bond donors (Lipinski definition) is 1. The monoisotopic (exact) mass is 386 g/mol. The van der Waals surface area contributed by atoms with E-state index in [0.717, 1.165) is 0 Å². The van der Waals surface area contributed by atoms with Crippen molar-refractivity contribution in [2.75, 3.05) is 0 Å². The molecule has 5 heteroatoms. The van der Waals surface area contributed by atoms with Gasteiger partial charge in [0, 0.05) is 15.6 Å². The van der Waals surface area contributed by atoms with E-state index in [1.807, 2.05) is 12.1 Å². The molecule has 3 aromatic carbocycles. The molecule has 0 aliphatic rings. The number of aliphatic hydroxyl groups is 1. The molecule has 0 aliphatic carbocycles. The molecule has 0 fully saturated rings. The Morgan fingerprint density at radius 3 is 1.92 bits per heavy atom. The average Bonchev–Trinajstić information content (AvgIpc) is 2.68. The number of halogens is 2. The maximum absolute atomic E-state index is 12.9. The van der Waals surface area contributed by atoms with Gasteiger partial charge < -0.3 is 9.84 Å². The van der Waals surface area contributed by atoms with Crippen molar-refractivity contribution in [3.63, 3.8) is 0 Å². The molecule has 0 aromatic heterocycles. The Hall–Kier alpha value is -2.33. The van der Waals surface area contributed by atoms with Crippen LogP contribution >= 0.6 is 23.2 Å². The van der Waals surface area contributed by atoms with Gasteiger partial charge in [0.1, 0.15) is 6.61 Å². The third kappa shape index (κ3) is 3.75. The number of carbonyl (C=O) groups excluding carboxylic acids is 1. The van der Waals surface area contributed by atoms with Crippen LogP contribution in [0.15, 0.2) is 78.9 Å². The van der Waals surface area contributed by atoms with Crippen molar-refractivity contribution in [3.8, 4) is 0 Å². The number of benzene rings is 3. The molecule has 0 bridgehead atoms. The minimum Gasteiger partial charge on any atom is -0.458 e. The molecule has 0 amide bonds. The number of esters is 1. The van der Waals surface area contributed by atoms with Crippen LogP contribution in [-0.4, -0.2) is 11.1 Å². The van der Waals surface area contributed by atoms with Gasteiger partial charge in [-0.1, -0.05) is 89.9 Å². The second-order valence-corrected chi connectivity index (χ2v) is 6.60. The molecule has 26 heavy (non-hydrogen) atoms. The molecule has 0 radical (unpaired) electrons. The standard InChI is InChI=1S/C21H16Cl2O3/c22-18-12-11-15(19(23)13-18)14-26-20(24)21(25,16-7-3-1-4-8-16)17-9-5-2-6-10-17/h1-13,25H,14H2. The maximum atomic E-state index is 12.9. The van der Waals surface area contributed by atoms with Crippen LogP contribution in [-0.2, 0) is 21.7 Å². The summed E-state index contributed by atoms with van der Waals surface area (Å²) in [5.41, 5.74) is -0.453. The van der Waals surface area contributed by atoms with E-state index in [1.165, 1.54) is 0 Å². The highest BCUT2D eigenvalue weighted by atomic mass is 35.5. The predicted molar refractivity (Wildman–Crippen MR) is 102 cm³/mol. The topological polar surface area (TPSA) is 46.5 Å². The van der Waals surface area contributed by atoms with Gasteiger partial charge in [0.25, 0.3) is 0 Å². The first-order valence-electron chi connectivity index (χ1n) is 7.96. The first-order chi connectivity index (χ1) is 12.5. The fraction of sp³-hybridized carbons (Fsp3) is 0.0952. The summed E-state index contributed by atoms with van der Waals surface area (Å²) in [4.78, 5) is 12.9. The SMILES string of the molecule is O=C(OCc1ccc(Cl)cc1Cl)C(O)(c1ccccc1)c1ccccc1. The summed E-state index contributed by atoms with van der Waals surface area (Å²) in [6.07, 6.45) is 0. The van der Waals surface area contributed by atoms with Gasteiger partial charge in [-0.2, -0.15) is 0 Å². The molecule has 0 saturated heterocycles. The lowest BCUT2D eigenvalue weighted by molar-refractivity contribution is -0.163. The quantitative estimate of drug-likeness (QED) is 0.629. The molecule has 0 unspecified atom stereocenters. The summed E-state index contributed by atoms with van der Waals surface area (Å²) >= 11 is 12.0. The molecule has 0 aliphatic heterocycles. The van der Waals surface area contributed by atoms with Crippen LogP contribution in [0.25, 0.3) is 0 Å². The van der Waals surface area contributed by atoms with Crippen LogP contribution in [0.1, 0.15) is 16.7 Å². The van der Waals surface area contributed by atoms with Gasteiger partial charge in [0.15, 0.2) is 0 Å². The number of ether oxygens (including phenoxy) is 1. The van der Waals surface area contributed by atoms with Gasteiger partial charge in [-0.15, -0.1) is 0 Å². The number of rotatable bonds is 5. The van der Waals surface area contributed by atoms with Crippen molar-refractivity contribution >= 4 is 29.2 Å². The fourth-order valence-corrected chi connectivity index (χ4v) is 3.11. The summed E-state index contributed by atoms with van der Waals surface area (Å²) < 4.78 is 5.41. The van der Waals surface area contributed by atoms with Crippen molar-refractivity contribution in [1.29, 1.82) is 0 Å². The minimum absolute atomic E-state index is 0.0726. The van der Waals surface area contributed by atoms with Crippen LogP contribution in [0.3, 0.4) is 0 Å². The zero-order chi connectivity index (χ0) is 18.6. The molecular weight excluding hydrogens is 371 g/mol. The Morgan fingerprint density at radius 2 is 1.42 bits per heavy atom. The first kappa shape index (κ1) is 18.5. The van der Waals surface area contributed by atoms with Crippen molar-refractivity contribution in [1.82, 2.24) is 0 Å². The van der Waals surface area contributed by atoms with Crippen LogP contribution in [0.2, 0.25) is 10.0 Å². The van der Waals surface area contributed by atoms with E-state index in [4.69, 9.17) is 27.9 Å². The van der Waals surface area contributed by atoms with Crippen LogP contribution in [0.4, 0.5) is 0 Å². The molecule has 0 saturated carbocycles. The second-order valence-electron chi connectivity index (χ2n) is 5.75. The van der Waals surface area contributed by atoms with E-state index < -0.39 is 11.6 Å². The number of hydrogen-bond acceptors (Lipinski definition) is 3. The molecule has 3 aromatic rings. The third-order valence-electron chi connectivity index (χ3n) is 4.05. The largest absolute Gasteiger partial charge is 0.458 e. The van der Waals surface area contributed by atoms with Crippen LogP contribution in [0, 0.1) is 0 Å². The summed E-state index contributed by atoms with van der Waals surface area (Å²) in [7, 11) is 0. The third-order valence-corrected chi connectivity index (χ3v) is 4.64. The Labute approximate surface area is 161 Å². The van der Waals surface area contributed by atoms with Gasteiger partial charge >= 0.3 is 5.97 Å². The van der Waals surface area contributed by atoms with E-state index >= 15 is 0 Å². The van der Waals surface area contributed by atoms with Crippen LogP contribution in [0.5, 0.6) is 0 Å². The Morgan fingerprint density at radius 1 is 0.885 bits per heavy atom. The predicted octanol–water partition coefficient (Wildman–Crippen LogP) is 4.97. The van der Waals surface area contributed by atoms with E-state index in [-0.39, 0.29) is 6.61 Å². The van der Waals surface area contributed by atoms with Gasteiger partial charge in [0.05, 0.1) is 0 Å².